The summed E-state index contributed by atoms with van der Waals surface area (Å²) in [6, 6.07) is 15.2. The van der Waals surface area contributed by atoms with Crippen molar-refractivity contribution in [3.8, 4) is 11.1 Å². The molecule has 0 saturated heterocycles. The van der Waals surface area contributed by atoms with Gasteiger partial charge in [0.1, 0.15) is 4.90 Å². The number of nitrogens with two attached hydrogens (primary N) is 1. The van der Waals surface area contributed by atoms with E-state index < -0.39 is 16.2 Å². The molecule has 5 nitrogen and oxygen atoms in total. The van der Waals surface area contributed by atoms with Crippen LogP contribution in [0.15, 0.2) is 59.5 Å². The van der Waals surface area contributed by atoms with Crippen LogP contribution in [0.3, 0.4) is 0 Å². The molecular formula is C13H11NO4S. The fraction of sp³-hybridized carbons (Fsp3) is 0. The number of amides is 1. The summed E-state index contributed by atoms with van der Waals surface area (Å²) in [4.78, 5) is 10.6. The first-order chi connectivity index (χ1) is 9.00. The Balaban J connectivity index is 2.58. The number of benzene rings is 2. The molecule has 0 bridgehead atoms. The smallest absolute Gasteiger partial charge is 0.334 e. The second-order valence-electron chi connectivity index (χ2n) is 3.72. The zero-order chi connectivity index (χ0) is 13.9. The summed E-state index contributed by atoms with van der Waals surface area (Å²) in [7, 11) is -4.21. The van der Waals surface area contributed by atoms with Gasteiger partial charge in [-0.2, -0.15) is 8.42 Å². The topological polar surface area (TPSA) is 86.5 Å². The van der Waals surface area contributed by atoms with Crippen LogP contribution in [-0.2, 0) is 14.3 Å². The van der Waals surface area contributed by atoms with Crippen molar-refractivity contribution in [3.05, 3.63) is 54.6 Å². The van der Waals surface area contributed by atoms with Gasteiger partial charge in [-0.05, 0) is 11.6 Å². The maximum Gasteiger partial charge on any atom is 0.420 e. The van der Waals surface area contributed by atoms with Crippen LogP contribution < -0.4 is 5.73 Å². The third kappa shape index (κ3) is 2.92. The SMILES string of the molecule is NC(=O)OS(=O)(=O)c1ccccc1-c1ccccc1. The van der Waals surface area contributed by atoms with Crippen LogP contribution >= 0.6 is 0 Å². The van der Waals surface area contributed by atoms with Crippen LogP contribution in [0.5, 0.6) is 0 Å². The molecule has 0 fully saturated rings. The summed E-state index contributed by atoms with van der Waals surface area (Å²) in [5, 5.41) is 0. The van der Waals surface area contributed by atoms with E-state index in [-0.39, 0.29) is 4.90 Å². The molecule has 19 heavy (non-hydrogen) atoms. The van der Waals surface area contributed by atoms with E-state index in [4.69, 9.17) is 5.73 Å². The predicted octanol–water partition coefficient (Wildman–Crippen LogP) is 2.14. The van der Waals surface area contributed by atoms with Crippen molar-refractivity contribution in [1.82, 2.24) is 0 Å². The normalized spacial score (nSPS) is 10.9. The maximum absolute atomic E-state index is 11.9. The molecule has 0 heterocycles. The molecule has 0 atom stereocenters. The third-order valence-corrected chi connectivity index (χ3v) is 3.71. The molecule has 1 amide bonds. The van der Waals surface area contributed by atoms with E-state index in [0.29, 0.717) is 11.1 Å². The second kappa shape index (κ2) is 5.11. The summed E-state index contributed by atoms with van der Waals surface area (Å²) in [6.07, 6.45) is -1.36. The fourth-order valence-electron chi connectivity index (χ4n) is 1.69. The molecule has 0 aliphatic rings. The Labute approximate surface area is 110 Å². The van der Waals surface area contributed by atoms with Gasteiger partial charge in [-0.15, -0.1) is 0 Å². The quantitative estimate of drug-likeness (QED) is 0.871. The van der Waals surface area contributed by atoms with Gasteiger partial charge in [-0.3, -0.25) is 0 Å². The lowest BCUT2D eigenvalue weighted by Gasteiger charge is -2.09. The molecule has 0 spiro atoms. The lowest BCUT2D eigenvalue weighted by Crippen LogP contribution is -2.19. The number of primary amides is 1. The fourth-order valence-corrected chi connectivity index (χ4v) is 2.70. The summed E-state index contributed by atoms with van der Waals surface area (Å²) in [5.74, 6) is 0. The number of rotatable bonds is 3. The third-order valence-electron chi connectivity index (χ3n) is 2.43. The number of hydrogen-bond acceptors (Lipinski definition) is 4. The van der Waals surface area contributed by atoms with Crippen molar-refractivity contribution < 1.29 is 17.4 Å². The van der Waals surface area contributed by atoms with Crippen molar-refractivity contribution >= 4 is 16.2 Å². The largest absolute Gasteiger partial charge is 0.420 e. The van der Waals surface area contributed by atoms with Crippen LogP contribution in [0.25, 0.3) is 11.1 Å². The van der Waals surface area contributed by atoms with E-state index in [0.717, 1.165) is 0 Å². The molecule has 0 saturated carbocycles. The molecule has 0 unspecified atom stereocenters. The molecule has 2 rings (SSSR count). The minimum absolute atomic E-state index is 0.0972. The van der Waals surface area contributed by atoms with Crippen molar-refractivity contribution in [2.24, 2.45) is 5.73 Å². The monoisotopic (exact) mass is 277 g/mol. The first kappa shape index (κ1) is 13.1. The highest BCUT2D eigenvalue weighted by molar-refractivity contribution is 7.87. The van der Waals surface area contributed by atoms with E-state index in [1.807, 2.05) is 6.07 Å². The molecule has 0 aliphatic heterocycles. The van der Waals surface area contributed by atoms with Gasteiger partial charge in [0, 0.05) is 5.56 Å². The van der Waals surface area contributed by atoms with E-state index in [9.17, 15) is 13.2 Å². The Bertz CT molecular complexity index is 696. The Morgan fingerprint density at radius 2 is 1.53 bits per heavy atom. The van der Waals surface area contributed by atoms with E-state index in [2.05, 4.69) is 4.18 Å². The molecule has 0 aliphatic carbocycles. The van der Waals surface area contributed by atoms with Gasteiger partial charge in [0.25, 0.3) is 0 Å². The molecule has 2 aromatic rings. The molecule has 2 N–H and O–H groups in total. The van der Waals surface area contributed by atoms with Crippen molar-refractivity contribution in [3.63, 3.8) is 0 Å². The number of carbonyl (C=O) groups excluding carboxylic acids is 1. The highest BCUT2D eigenvalue weighted by atomic mass is 32.2. The first-order valence-electron chi connectivity index (χ1n) is 5.39. The van der Waals surface area contributed by atoms with Gasteiger partial charge >= 0.3 is 16.2 Å². The maximum atomic E-state index is 11.9. The lowest BCUT2D eigenvalue weighted by atomic mass is 10.1. The van der Waals surface area contributed by atoms with Gasteiger partial charge in [-0.1, -0.05) is 48.5 Å². The Kier molecular flexibility index (Phi) is 3.52. The Morgan fingerprint density at radius 3 is 2.16 bits per heavy atom. The minimum atomic E-state index is -4.21. The van der Waals surface area contributed by atoms with Crippen molar-refractivity contribution in [1.29, 1.82) is 0 Å². The molecule has 0 radical (unpaired) electrons. The summed E-state index contributed by atoms with van der Waals surface area (Å²) in [6.45, 7) is 0. The first-order valence-corrected chi connectivity index (χ1v) is 6.80. The highest BCUT2D eigenvalue weighted by Gasteiger charge is 2.22. The zero-order valence-electron chi connectivity index (χ0n) is 9.81. The molecule has 2 aromatic carbocycles. The Morgan fingerprint density at radius 1 is 0.947 bits per heavy atom. The van der Waals surface area contributed by atoms with Crippen LogP contribution in [0, 0.1) is 0 Å². The van der Waals surface area contributed by atoms with Crippen LogP contribution in [-0.4, -0.2) is 14.5 Å². The van der Waals surface area contributed by atoms with Gasteiger partial charge in [0.15, 0.2) is 0 Å². The lowest BCUT2D eigenvalue weighted by molar-refractivity contribution is 0.213. The van der Waals surface area contributed by atoms with Crippen molar-refractivity contribution in [2.45, 2.75) is 4.90 Å². The van der Waals surface area contributed by atoms with Gasteiger partial charge in [0.05, 0.1) is 0 Å². The molecule has 0 aromatic heterocycles. The van der Waals surface area contributed by atoms with E-state index in [1.165, 1.54) is 6.07 Å². The standard InChI is InChI=1S/C13H11NO4S/c14-13(15)18-19(16,17)12-9-5-4-8-11(12)10-6-2-1-3-7-10/h1-9H,(H2,14,15). The highest BCUT2D eigenvalue weighted by Crippen LogP contribution is 2.28. The average molecular weight is 277 g/mol. The van der Waals surface area contributed by atoms with Gasteiger partial charge < -0.3 is 9.92 Å². The summed E-state index contributed by atoms with van der Waals surface area (Å²) >= 11 is 0. The van der Waals surface area contributed by atoms with Crippen LogP contribution in [0.2, 0.25) is 0 Å². The van der Waals surface area contributed by atoms with E-state index in [1.54, 1.807) is 42.5 Å². The van der Waals surface area contributed by atoms with E-state index >= 15 is 0 Å². The van der Waals surface area contributed by atoms with Crippen molar-refractivity contribution in [2.75, 3.05) is 0 Å². The molecule has 98 valence electrons. The number of carbonyl (C=O) groups is 1. The van der Waals surface area contributed by atoms with Crippen LogP contribution in [0.4, 0.5) is 4.79 Å². The summed E-state index contributed by atoms with van der Waals surface area (Å²) in [5.41, 5.74) is 5.92. The second-order valence-corrected chi connectivity index (χ2v) is 5.23. The minimum Gasteiger partial charge on any atom is -0.334 e. The number of hydrogen-bond donors (Lipinski definition) is 1. The van der Waals surface area contributed by atoms with Gasteiger partial charge in [0.2, 0.25) is 0 Å². The van der Waals surface area contributed by atoms with Crippen LogP contribution in [0.1, 0.15) is 0 Å². The van der Waals surface area contributed by atoms with Gasteiger partial charge in [-0.25, -0.2) is 4.79 Å². The average Bonchev–Trinajstić information content (AvgIpc) is 2.38. The zero-order valence-corrected chi connectivity index (χ0v) is 10.6. The Hall–Kier alpha value is -2.34. The summed E-state index contributed by atoms with van der Waals surface area (Å²) < 4.78 is 28.0. The predicted molar refractivity (Wildman–Crippen MR) is 69.7 cm³/mol. The molecule has 6 heteroatoms. The molecular weight excluding hydrogens is 266 g/mol.